The molecule has 1 heterocycles. The van der Waals surface area contributed by atoms with E-state index in [1.807, 2.05) is 18.2 Å². The van der Waals surface area contributed by atoms with Crippen LogP contribution in [0.5, 0.6) is 0 Å². The van der Waals surface area contributed by atoms with Gasteiger partial charge in [0.25, 0.3) is 0 Å². The van der Waals surface area contributed by atoms with Crippen molar-refractivity contribution < 1.29 is 10.0 Å². The number of benzene rings is 1. The average Bonchev–Trinajstić information content (AvgIpc) is 2.75. The van der Waals surface area contributed by atoms with Gasteiger partial charge in [-0.1, -0.05) is 23.4 Å². The zero-order chi connectivity index (χ0) is 13.8. The summed E-state index contributed by atoms with van der Waals surface area (Å²) in [6.45, 7) is 0.463. The van der Waals surface area contributed by atoms with E-state index in [9.17, 15) is 4.79 Å². The highest BCUT2D eigenvalue weighted by Crippen LogP contribution is 2.30. The number of aromatic nitrogens is 1. The van der Waals surface area contributed by atoms with E-state index in [0.29, 0.717) is 22.4 Å². The summed E-state index contributed by atoms with van der Waals surface area (Å²) >= 11 is 9.05. The highest BCUT2D eigenvalue weighted by Gasteiger charge is 2.06. The second kappa shape index (κ2) is 6.42. The molecule has 2 aromatic rings. The summed E-state index contributed by atoms with van der Waals surface area (Å²) in [5, 5.41) is 12.6. The Morgan fingerprint density at radius 1 is 1.63 bits per heavy atom. The Labute approximate surface area is 123 Å². The number of hydrogen-bond donors (Lipinski definition) is 2. The molecular formula is C11H12ClN3O2S2. The summed E-state index contributed by atoms with van der Waals surface area (Å²) in [5.41, 5.74) is 0.888. The van der Waals surface area contributed by atoms with E-state index in [2.05, 4.69) is 10.3 Å². The van der Waals surface area contributed by atoms with E-state index < -0.39 is 6.03 Å². The normalized spacial score (nSPS) is 10.7. The fourth-order valence-corrected chi connectivity index (χ4v) is 3.49. The molecule has 8 heteroatoms. The molecule has 0 fully saturated rings. The molecule has 0 unspecified atom stereocenters. The fourth-order valence-electron chi connectivity index (χ4n) is 1.35. The smallest absolute Gasteiger partial charge is 0.335 e. The molecule has 0 radical (unpaired) electrons. The molecule has 0 spiro atoms. The molecule has 0 aliphatic carbocycles. The largest absolute Gasteiger partial charge is 0.340 e. The lowest BCUT2D eigenvalue weighted by molar-refractivity contribution is -0.0180. The highest BCUT2D eigenvalue weighted by atomic mass is 35.5. The van der Waals surface area contributed by atoms with E-state index in [1.54, 1.807) is 23.1 Å². The van der Waals surface area contributed by atoms with Gasteiger partial charge in [-0.2, -0.15) is 0 Å². The molecule has 0 saturated carbocycles. The quantitative estimate of drug-likeness (QED) is 0.394. The van der Waals surface area contributed by atoms with Gasteiger partial charge in [0.1, 0.15) is 0 Å². The lowest BCUT2D eigenvalue weighted by Crippen LogP contribution is -2.36. The number of nitrogens with zero attached hydrogens (tertiary/aromatic N) is 2. The molecule has 2 amide bonds. The Morgan fingerprint density at radius 3 is 3.16 bits per heavy atom. The minimum atomic E-state index is -0.517. The van der Waals surface area contributed by atoms with Crippen molar-refractivity contribution in [3.63, 3.8) is 0 Å². The van der Waals surface area contributed by atoms with Gasteiger partial charge in [0.05, 0.1) is 10.2 Å². The summed E-state index contributed by atoms with van der Waals surface area (Å²) in [6.07, 6.45) is 0. The van der Waals surface area contributed by atoms with Crippen LogP contribution in [-0.4, -0.2) is 40.6 Å². The Hall–Kier alpha value is -1.02. The van der Waals surface area contributed by atoms with Crippen molar-refractivity contribution in [3.8, 4) is 0 Å². The van der Waals surface area contributed by atoms with E-state index in [0.717, 1.165) is 14.6 Å². The number of halogens is 1. The van der Waals surface area contributed by atoms with Gasteiger partial charge in [0.2, 0.25) is 0 Å². The fraction of sp³-hybridized carbons (Fsp3) is 0.273. The third-order valence-corrected chi connectivity index (χ3v) is 4.64. The molecule has 0 aliphatic heterocycles. The van der Waals surface area contributed by atoms with Crippen molar-refractivity contribution in [2.45, 2.75) is 4.34 Å². The van der Waals surface area contributed by atoms with E-state index in [-0.39, 0.29) is 0 Å². The van der Waals surface area contributed by atoms with Crippen LogP contribution >= 0.6 is 34.7 Å². The van der Waals surface area contributed by atoms with Crippen LogP contribution in [0, 0.1) is 0 Å². The molecule has 0 bridgehead atoms. The number of thiazole rings is 1. The van der Waals surface area contributed by atoms with Crippen LogP contribution in [0.4, 0.5) is 4.79 Å². The summed E-state index contributed by atoms with van der Waals surface area (Å²) in [7, 11) is 1.28. The van der Waals surface area contributed by atoms with Crippen LogP contribution in [0.3, 0.4) is 0 Å². The standard InChI is InChI=1S/C11H12ClN3O2S2/c1-15(17)10(16)13-4-5-18-11-14-8-6-7(12)2-3-9(8)19-11/h2-3,6,17H,4-5H2,1H3,(H,13,16). The highest BCUT2D eigenvalue weighted by molar-refractivity contribution is 8.01. The van der Waals surface area contributed by atoms with Crippen LogP contribution in [-0.2, 0) is 0 Å². The van der Waals surface area contributed by atoms with Crippen molar-refractivity contribution in [3.05, 3.63) is 23.2 Å². The number of amides is 2. The summed E-state index contributed by atoms with van der Waals surface area (Å²) < 4.78 is 2.02. The molecule has 2 N–H and O–H groups in total. The van der Waals surface area contributed by atoms with E-state index >= 15 is 0 Å². The number of urea groups is 1. The minimum Gasteiger partial charge on any atom is -0.335 e. The van der Waals surface area contributed by atoms with Crippen LogP contribution in [0.2, 0.25) is 5.02 Å². The first-order valence-electron chi connectivity index (χ1n) is 5.45. The van der Waals surface area contributed by atoms with Gasteiger partial charge in [0.15, 0.2) is 4.34 Å². The average molecular weight is 318 g/mol. The van der Waals surface area contributed by atoms with Crippen molar-refractivity contribution >= 4 is 50.9 Å². The first-order valence-corrected chi connectivity index (χ1v) is 7.63. The van der Waals surface area contributed by atoms with Crippen LogP contribution in [0.25, 0.3) is 10.2 Å². The molecule has 1 aromatic heterocycles. The zero-order valence-electron chi connectivity index (χ0n) is 10.1. The number of hydrogen-bond acceptors (Lipinski definition) is 5. The Bertz CT molecular complexity index is 588. The first-order chi connectivity index (χ1) is 9.06. The molecule has 0 aliphatic rings. The molecule has 0 atom stereocenters. The van der Waals surface area contributed by atoms with Crippen molar-refractivity contribution in [2.24, 2.45) is 0 Å². The Morgan fingerprint density at radius 2 is 2.42 bits per heavy atom. The summed E-state index contributed by atoms with van der Waals surface area (Å²) in [4.78, 5) is 15.5. The van der Waals surface area contributed by atoms with Gasteiger partial charge < -0.3 is 5.32 Å². The maximum Gasteiger partial charge on any atom is 0.340 e. The predicted octanol–water partition coefficient (Wildman–Crippen LogP) is 3.07. The third-order valence-electron chi connectivity index (χ3n) is 2.23. The van der Waals surface area contributed by atoms with Gasteiger partial charge in [-0.05, 0) is 18.2 Å². The number of rotatable bonds is 4. The molecule has 1 aromatic carbocycles. The number of fused-ring (bicyclic) bond motifs is 1. The maximum atomic E-state index is 11.1. The molecule has 2 rings (SSSR count). The first kappa shape index (κ1) is 14.4. The predicted molar refractivity (Wildman–Crippen MR) is 78.3 cm³/mol. The number of hydroxylamine groups is 2. The molecule has 19 heavy (non-hydrogen) atoms. The van der Waals surface area contributed by atoms with Crippen molar-refractivity contribution in [1.29, 1.82) is 0 Å². The topological polar surface area (TPSA) is 65.5 Å². The van der Waals surface area contributed by atoms with Crippen LogP contribution in [0.15, 0.2) is 22.5 Å². The van der Waals surface area contributed by atoms with Gasteiger partial charge in [-0.15, -0.1) is 11.3 Å². The monoisotopic (exact) mass is 317 g/mol. The van der Waals surface area contributed by atoms with Gasteiger partial charge >= 0.3 is 6.03 Å². The molecule has 102 valence electrons. The van der Waals surface area contributed by atoms with Crippen molar-refractivity contribution in [2.75, 3.05) is 19.3 Å². The minimum absolute atomic E-state index is 0.463. The zero-order valence-corrected chi connectivity index (χ0v) is 12.5. The number of carbonyl (C=O) groups is 1. The van der Waals surface area contributed by atoms with Crippen molar-refractivity contribution in [1.82, 2.24) is 15.4 Å². The molecule has 0 saturated heterocycles. The lowest BCUT2D eigenvalue weighted by atomic mass is 10.3. The van der Waals surface area contributed by atoms with Gasteiger partial charge in [-0.3, -0.25) is 5.21 Å². The Balaban J connectivity index is 1.86. The SMILES string of the molecule is CN(O)C(=O)NCCSc1nc2cc(Cl)ccc2s1. The number of nitrogens with one attached hydrogen (secondary N) is 1. The van der Waals surface area contributed by atoms with E-state index in [4.69, 9.17) is 16.8 Å². The van der Waals surface area contributed by atoms with E-state index in [1.165, 1.54) is 7.05 Å². The van der Waals surface area contributed by atoms with Crippen LogP contribution in [0.1, 0.15) is 0 Å². The number of carbonyl (C=O) groups excluding carboxylic acids is 1. The summed E-state index contributed by atoms with van der Waals surface area (Å²) in [6, 6.07) is 5.10. The van der Waals surface area contributed by atoms with Gasteiger partial charge in [-0.25, -0.2) is 14.8 Å². The molecular weight excluding hydrogens is 306 g/mol. The van der Waals surface area contributed by atoms with Gasteiger partial charge in [0, 0.05) is 24.4 Å². The third kappa shape index (κ3) is 3.97. The lowest BCUT2D eigenvalue weighted by Gasteiger charge is -2.09. The van der Waals surface area contributed by atoms with Crippen LogP contribution < -0.4 is 5.32 Å². The second-order valence-electron chi connectivity index (χ2n) is 3.70. The molecule has 5 nitrogen and oxygen atoms in total. The second-order valence-corrected chi connectivity index (χ2v) is 6.50. The summed E-state index contributed by atoms with van der Waals surface area (Å²) in [5.74, 6) is 0.688. The Kier molecular flexibility index (Phi) is 4.87. The maximum absolute atomic E-state index is 11.1. The number of thioether (sulfide) groups is 1.